The topological polar surface area (TPSA) is 67.8 Å². The number of carbonyl (C=O) groups is 1. The summed E-state index contributed by atoms with van der Waals surface area (Å²) in [7, 11) is 0. The number of anilines is 1. The van der Waals surface area contributed by atoms with Crippen molar-refractivity contribution >= 4 is 34.0 Å². The van der Waals surface area contributed by atoms with Gasteiger partial charge < -0.3 is 0 Å². The molecule has 0 unspecified atom stereocenters. The van der Waals surface area contributed by atoms with Crippen molar-refractivity contribution in [1.82, 2.24) is 15.2 Å². The fourth-order valence-corrected chi connectivity index (χ4v) is 2.82. The van der Waals surface area contributed by atoms with Crippen LogP contribution in [-0.4, -0.2) is 21.1 Å². The average Bonchev–Trinajstić information content (AvgIpc) is 2.97. The van der Waals surface area contributed by atoms with Crippen molar-refractivity contribution in [3.8, 4) is 0 Å². The first-order valence-electron chi connectivity index (χ1n) is 6.91. The Hall–Kier alpha value is -2.31. The molecule has 3 rings (SSSR count). The van der Waals surface area contributed by atoms with E-state index in [1.165, 1.54) is 11.3 Å². The molecule has 0 aliphatic rings. The summed E-state index contributed by atoms with van der Waals surface area (Å²) in [4.78, 5) is 16.2. The summed E-state index contributed by atoms with van der Waals surface area (Å²) >= 11 is 7.10. The first-order chi connectivity index (χ1) is 11.1. The van der Waals surface area contributed by atoms with Gasteiger partial charge in [0.2, 0.25) is 5.13 Å². The minimum absolute atomic E-state index is 0.194. The van der Waals surface area contributed by atoms with Crippen LogP contribution in [0.1, 0.15) is 26.5 Å². The molecule has 1 amide bonds. The minimum atomic E-state index is -0.194. The van der Waals surface area contributed by atoms with Gasteiger partial charge in [0.25, 0.3) is 5.91 Å². The molecular formula is C16H13ClN4OS. The molecule has 0 aliphatic carbocycles. The molecule has 0 atom stereocenters. The second kappa shape index (κ2) is 6.85. The molecule has 3 aromatic rings. The second-order valence-electron chi connectivity index (χ2n) is 4.99. The van der Waals surface area contributed by atoms with Gasteiger partial charge >= 0.3 is 0 Å². The smallest absolute Gasteiger partial charge is 0.257 e. The van der Waals surface area contributed by atoms with Crippen LogP contribution < -0.4 is 5.32 Å². The van der Waals surface area contributed by atoms with Crippen molar-refractivity contribution in [3.63, 3.8) is 0 Å². The average molecular weight is 345 g/mol. The summed E-state index contributed by atoms with van der Waals surface area (Å²) in [5.74, 6) is -0.194. The zero-order valence-corrected chi connectivity index (χ0v) is 13.9. The van der Waals surface area contributed by atoms with Crippen molar-refractivity contribution < 1.29 is 4.79 Å². The number of aromatic nitrogens is 3. The van der Waals surface area contributed by atoms with Gasteiger partial charge in [0.15, 0.2) is 0 Å². The second-order valence-corrected chi connectivity index (χ2v) is 6.44. The van der Waals surface area contributed by atoms with E-state index in [0.29, 0.717) is 22.3 Å². The van der Waals surface area contributed by atoms with Crippen LogP contribution in [0.2, 0.25) is 5.15 Å². The maximum Gasteiger partial charge on any atom is 0.257 e. The Labute approximate surface area is 142 Å². The van der Waals surface area contributed by atoms with Crippen molar-refractivity contribution in [2.24, 2.45) is 0 Å². The summed E-state index contributed by atoms with van der Waals surface area (Å²) in [6, 6.07) is 11.0. The Morgan fingerprint density at radius 1 is 1.17 bits per heavy atom. The number of halogens is 1. The molecule has 5 nitrogen and oxygen atoms in total. The number of aryl methyl sites for hydroxylation is 1. The lowest BCUT2D eigenvalue weighted by Gasteiger charge is -2.01. The maximum atomic E-state index is 12.1. The van der Waals surface area contributed by atoms with Crippen molar-refractivity contribution in [2.45, 2.75) is 13.3 Å². The quantitative estimate of drug-likeness (QED) is 0.732. The third-order valence-corrected chi connectivity index (χ3v) is 4.21. The monoisotopic (exact) mass is 344 g/mol. The molecule has 116 valence electrons. The SMILES string of the molecule is Cc1ccc(C(=O)Nc2nnc(Cc3ccc(Cl)nc3)s2)cc1. The molecule has 1 aromatic carbocycles. The summed E-state index contributed by atoms with van der Waals surface area (Å²) in [6.07, 6.45) is 2.30. The Morgan fingerprint density at radius 2 is 1.96 bits per heavy atom. The van der Waals surface area contributed by atoms with E-state index in [0.717, 1.165) is 16.1 Å². The highest BCUT2D eigenvalue weighted by Gasteiger charge is 2.10. The van der Waals surface area contributed by atoms with Gasteiger partial charge in [-0.05, 0) is 30.7 Å². The lowest BCUT2D eigenvalue weighted by atomic mass is 10.1. The van der Waals surface area contributed by atoms with Crippen LogP contribution in [0.3, 0.4) is 0 Å². The predicted octanol–water partition coefficient (Wildman–Crippen LogP) is 3.74. The molecule has 0 fully saturated rings. The van der Waals surface area contributed by atoms with Gasteiger partial charge in [0.1, 0.15) is 10.2 Å². The van der Waals surface area contributed by atoms with E-state index < -0.39 is 0 Å². The summed E-state index contributed by atoms with van der Waals surface area (Å²) < 4.78 is 0. The molecule has 0 saturated heterocycles. The third kappa shape index (κ3) is 4.12. The predicted molar refractivity (Wildman–Crippen MR) is 91.1 cm³/mol. The summed E-state index contributed by atoms with van der Waals surface area (Å²) in [6.45, 7) is 1.98. The van der Waals surface area contributed by atoms with Crippen LogP contribution in [0.15, 0.2) is 42.6 Å². The normalized spacial score (nSPS) is 10.5. The molecule has 0 spiro atoms. The highest BCUT2D eigenvalue weighted by molar-refractivity contribution is 7.15. The van der Waals surface area contributed by atoms with Crippen LogP contribution in [0.4, 0.5) is 5.13 Å². The highest BCUT2D eigenvalue weighted by Crippen LogP contribution is 2.19. The van der Waals surface area contributed by atoms with E-state index in [4.69, 9.17) is 11.6 Å². The van der Waals surface area contributed by atoms with Crippen molar-refractivity contribution in [2.75, 3.05) is 5.32 Å². The number of pyridine rings is 1. The van der Waals surface area contributed by atoms with Gasteiger partial charge in [-0.15, -0.1) is 10.2 Å². The first-order valence-corrected chi connectivity index (χ1v) is 8.10. The van der Waals surface area contributed by atoms with Crippen molar-refractivity contribution in [3.05, 3.63) is 69.4 Å². The largest absolute Gasteiger partial charge is 0.296 e. The van der Waals surface area contributed by atoms with Crippen LogP contribution in [0.5, 0.6) is 0 Å². The minimum Gasteiger partial charge on any atom is -0.296 e. The molecular weight excluding hydrogens is 332 g/mol. The van der Waals surface area contributed by atoms with E-state index in [2.05, 4.69) is 20.5 Å². The fourth-order valence-electron chi connectivity index (χ4n) is 1.94. The Balaban J connectivity index is 1.66. The Kier molecular flexibility index (Phi) is 4.64. The number of hydrogen-bond donors (Lipinski definition) is 1. The van der Waals surface area contributed by atoms with E-state index in [1.54, 1.807) is 24.4 Å². The van der Waals surface area contributed by atoms with Gasteiger partial charge in [-0.3, -0.25) is 10.1 Å². The number of amides is 1. The molecule has 2 aromatic heterocycles. The number of rotatable bonds is 4. The zero-order chi connectivity index (χ0) is 16.2. The molecule has 2 heterocycles. The Morgan fingerprint density at radius 3 is 2.65 bits per heavy atom. The van der Waals surface area contributed by atoms with E-state index in [9.17, 15) is 4.79 Å². The van der Waals surface area contributed by atoms with Gasteiger partial charge in [0.05, 0.1) is 0 Å². The highest BCUT2D eigenvalue weighted by atomic mass is 35.5. The zero-order valence-electron chi connectivity index (χ0n) is 12.3. The van der Waals surface area contributed by atoms with E-state index in [1.807, 2.05) is 25.1 Å². The summed E-state index contributed by atoms with van der Waals surface area (Å²) in [5, 5.41) is 12.6. The number of nitrogens with zero attached hydrogens (tertiary/aromatic N) is 3. The van der Waals surface area contributed by atoms with Crippen molar-refractivity contribution in [1.29, 1.82) is 0 Å². The van der Waals surface area contributed by atoms with Gasteiger partial charge in [-0.1, -0.05) is 46.7 Å². The molecule has 0 bridgehead atoms. The van der Waals surface area contributed by atoms with Gasteiger partial charge in [-0.25, -0.2) is 4.98 Å². The number of carbonyl (C=O) groups excluding carboxylic acids is 1. The first kappa shape index (κ1) is 15.6. The fraction of sp³-hybridized carbons (Fsp3) is 0.125. The molecule has 0 radical (unpaired) electrons. The molecule has 7 heteroatoms. The third-order valence-electron chi connectivity index (χ3n) is 3.15. The molecule has 0 aliphatic heterocycles. The van der Waals surface area contributed by atoms with E-state index in [-0.39, 0.29) is 5.91 Å². The van der Waals surface area contributed by atoms with Crippen LogP contribution in [-0.2, 0) is 6.42 Å². The van der Waals surface area contributed by atoms with Crippen LogP contribution in [0, 0.1) is 6.92 Å². The number of nitrogens with one attached hydrogen (secondary N) is 1. The lowest BCUT2D eigenvalue weighted by Crippen LogP contribution is -2.11. The molecule has 0 saturated carbocycles. The molecule has 1 N–H and O–H groups in total. The number of benzene rings is 1. The molecule has 23 heavy (non-hydrogen) atoms. The van der Waals surface area contributed by atoms with E-state index >= 15 is 0 Å². The standard InChI is InChI=1S/C16H13ClN4OS/c1-10-2-5-12(6-3-10)15(22)19-16-21-20-14(23-16)8-11-4-7-13(17)18-9-11/h2-7,9H,8H2,1H3,(H,19,21,22). The number of hydrogen-bond acceptors (Lipinski definition) is 5. The Bertz CT molecular complexity index is 815. The van der Waals surface area contributed by atoms with Gasteiger partial charge in [-0.2, -0.15) is 0 Å². The van der Waals surface area contributed by atoms with Gasteiger partial charge in [0, 0.05) is 18.2 Å². The maximum absolute atomic E-state index is 12.1. The lowest BCUT2D eigenvalue weighted by molar-refractivity contribution is 0.102. The van der Waals surface area contributed by atoms with Crippen LogP contribution in [0.25, 0.3) is 0 Å². The summed E-state index contributed by atoms with van der Waals surface area (Å²) in [5.41, 5.74) is 2.69. The van der Waals surface area contributed by atoms with Crippen LogP contribution >= 0.6 is 22.9 Å².